The Morgan fingerprint density at radius 3 is 1.72 bits per heavy atom. The first-order valence-electron chi connectivity index (χ1n) is 7.55. The summed E-state index contributed by atoms with van der Waals surface area (Å²) in [4.78, 5) is 2.66. The molecule has 0 aromatic heterocycles. The summed E-state index contributed by atoms with van der Waals surface area (Å²) in [6.07, 6.45) is 0. The van der Waals surface area contributed by atoms with Crippen LogP contribution < -0.4 is 5.32 Å². The highest BCUT2D eigenvalue weighted by Gasteiger charge is 2.25. The fourth-order valence-corrected chi connectivity index (χ4v) is 2.30. The highest BCUT2D eigenvalue weighted by molar-refractivity contribution is 4.83. The molecular weight excluding hydrogens is 220 g/mol. The standard InChI is InChI=1S/C16H36N2/c1-12(2)11-18(14(5)6)15(13(3)4)10-17-16(7,8)9/h12-15,17H,10-11H2,1-9H3. The molecule has 0 radical (unpaired) electrons. The molecular formula is C16H36N2. The van der Waals surface area contributed by atoms with E-state index in [0.29, 0.717) is 18.0 Å². The summed E-state index contributed by atoms with van der Waals surface area (Å²) in [5, 5.41) is 3.67. The molecule has 0 aliphatic heterocycles. The minimum atomic E-state index is 0.202. The number of rotatable bonds is 7. The molecule has 0 fully saturated rings. The summed E-state index contributed by atoms with van der Waals surface area (Å²) in [6, 6.07) is 1.23. The largest absolute Gasteiger partial charge is 0.311 e. The zero-order chi connectivity index (χ0) is 14.5. The first-order chi connectivity index (χ1) is 8.04. The molecule has 0 aliphatic rings. The molecule has 0 aromatic rings. The van der Waals surface area contributed by atoms with Crippen LogP contribution in [-0.2, 0) is 0 Å². The summed E-state index contributed by atoms with van der Waals surface area (Å²) < 4.78 is 0. The van der Waals surface area contributed by atoms with Gasteiger partial charge in [0, 0.05) is 30.7 Å². The third-order valence-electron chi connectivity index (χ3n) is 3.28. The van der Waals surface area contributed by atoms with Crippen LogP contribution in [0.2, 0.25) is 0 Å². The summed E-state index contributed by atoms with van der Waals surface area (Å²) in [7, 11) is 0. The molecule has 1 unspecified atom stereocenters. The second-order valence-corrected chi connectivity index (χ2v) is 7.63. The maximum absolute atomic E-state index is 3.67. The number of hydrogen-bond donors (Lipinski definition) is 1. The molecule has 110 valence electrons. The van der Waals surface area contributed by atoms with Crippen molar-refractivity contribution < 1.29 is 0 Å². The third-order valence-corrected chi connectivity index (χ3v) is 3.28. The quantitative estimate of drug-likeness (QED) is 0.746. The Morgan fingerprint density at radius 1 is 0.944 bits per heavy atom. The summed E-state index contributed by atoms with van der Waals surface area (Å²) in [5.41, 5.74) is 0.202. The second-order valence-electron chi connectivity index (χ2n) is 7.63. The molecule has 2 heteroatoms. The van der Waals surface area contributed by atoms with E-state index < -0.39 is 0 Å². The third kappa shape index (κ3) is 7.38. The zero-order valence-corrected chi connectivity index (χ0v) is 14.2. The lowest BCUT2D eigenvalue weighted by Gasteiger charge is -2.40. The average molecular weight is 256 g/mol. The fourth-order valence-electron chi connectivity index (χ4n) is 2.30. The predicted octanol–water partition coefficient (Wildman–Crippen LogP) is 3.77. The van der Waals surface area contributed by atoms with E-state index in [2.05, 4.69) is 72.5 Å². The van der Waals surface area contributed by atoms with Gasteiger partial charge in [-0.1, -0.05) is 27.7 Å². The topological polar surface area (TPSA) is 15.3 Å². The van der Waals surface area contributed by atoms with Crippen LogP contribution >= 0.6 is 0 Å². The lowest BCUT2D eigenvalue weighted by Crippen LogP contribution is -2.53. The lowest BCUT2D eigenvalue weighted by molar-refractivity contribution is 0.0963. The molecule has 0 saturated heterocycles. The van der Waals surface area contributed by atoms with E-state index in [1.807, 2.05) is 0 Å². The van der Waals surface area contributed by atoms with Gasteiger partial charge in [-0.3, -0.25) is 4.90 Å². The van der Waals surface area contributed by atoms with Crippen molar-refractivity contribution in [2.75, 3.05) is 13.1 Å². The van der Waals surface area contributed by atoms with E-state index in [1.165, 1.54) is 6.54 Å². The first kappa shape index (κ1) is 17.9. The molecule has 2 nitrogen and oxygen atoms in total. The molecule has 0 spiro atoms. The molecule has 0 saturated carbocycles. The van der Waals surface area contributed by atoms with Crippen molar-refractivity contribution in [3.05, 3.63) is 0 Å². The molecule has 0 amide bonds. The SMILES string of the molecule is CC(C)CN(C(C)C)C(CNC(C)(C)C)C(C)C. The van der Waals surface area contributed by atoms with Crippen LogP contribution in [0.25, 0.3) is 0 Å². The van der Waals surface area contributed by atoms with E-state index in [1.54, 1.807) is 0 Å². The van der Waals surface area contributed by atoms with Gasteiger partial charge in [-0.05, 0) is 46.5 Å². The van der Waals surface area contributed by atoms with Gasteiger partial charge in [-0.15, -0.1) is 0 Å². The lowest BCUT2D eigenvalue weighted by atomic mass is 9.98. The van der Waals surface area contributed by atoms with Crippen molar-refractivity contribution in [2.45, 2.75) is 79.9 Å². The van der Waals surface area contributed by atoms with Crippen molar-refractivity contribution in [3.63, 3.8) is 0 Å². The van der Waals surface area contributed by atoms with Crippen molar-refractivity contribution in [1.29, 1.82) is 0 Å². The van der Waals surface area contributed by atoms with E-state index in [0.717, 1.165) is 12.5 Å². The van der Waals surface area contributed by atoms with Gasteiger partial charge in [-0.25, -0.2) is 0 Å². The smallest absolute Gasteiger partial charge is 0.0246 e. The molecule has 0 heterocycles. The Balaban J connectivity index is 4.71. The van der Waals surface area contributed by atoms with Gasteiger partial charge in [0.15, 0.2) is 0 Å². The Hall–Kier alpha value is -0.0800. The summed E-state index contributed by atoms with van der Waals surface area (Å²) in [6.45, 7) is 22.9. The van der Waals surface area contributed by atoms with Gasteiger partial charge in [0.1, 0.15) is 0 Å². The monoisotopic (exact) mass is 256 g/mol. The van der Waals surface area contributed by atoms with Crippen LogP contribution in [0.5, 0.6) is 0 Å². The maximum atomic E-state index is 3.67. The molecule has 18 heavy (non-hydrogen) atoms. The van der Waals surface area contributed by atoms with E-state index in [4.69, 9.17) is 0 Å². The number of nitrogens with zero attached hydrogens (tertiary/aromatic N) is 1. The van der Waals surface area contributed by atoms with Gasteiger partial charge in [-0.2, -0.15) is 0 Å². The fraction of sp³-hybridized carbons (Fsp3) is 1.00. The molecule has 1 N–H and O–H groups in total. The Kier molecular flexibility index (Phi) is 7.46. The highest BCUT2D eigenvalue weighted by Crippen LogP contribution is 2.17. The minimum Gasteiger partial charge on any atom is -0.311 e. The van der Waals surface area contributed by atoms with Crippen LogP contribution in [0.4, 0.5) is 0 Å². The molecule has 0 rings (SSSR count). The van der Waals surface area contributed by atoms with E-state index in [-0.39, 0.29) is 5.54 Å². The normalized spacial score (nSPS) is 15.2. The van der Waals surface area contributed by atoms with Crippen LogP contribution in [0, 0.1) is 11.8 Å². The van der Waals surface area contributed by atoms with Gasteiger partial charge >= 0.3 is 0 Å². The highest BCUT2D eigenvalue weighted by atomic mass is 15.2. The Morgan fingerprint density at radius 2 is 1.44 bits per heavy atom. The number of hydrogen-bond acceptors (Lipinski definition) is 2. The number of nitrogens with one attached hydrogen (secondary N) is 1. The van der Waals surface area contributed by atoms with Crippen molar-refractivity contribution >= 4 is 0 Å². The maximum Gasteiger partial charge on any atom is 0.0246 e. The molecule has 0 aromatic carbocycles. The zero-order valence-electron chi connectivity index (χ0n) is 14.2. The second kappa shape index (κ2) is 7.49. The van der Waals surface area contributed by atoms with Crippen LogP contribution in [-0.4, -0.2) is 35.6 Å². The summed E-state index contributed by atoms with van der Waals surface area (Å²) >= 11 is 0. The van der Waals surface area contributed by atoms with Gasteiger partial charge in [0.2, 0.25) is 0 Å². The van der Waals surface area contributed by atoms with E-state index >= 15 is 0 Å². The Labute approximate surface area is 116 Å². The van der Waals surface area contributed by atoms with Gasteiger partial charge in [0.05, 0.1) is 0 Å². The van der Waals surface area contributed by atoms with Gasteiger partial charge < -0.3 is 5.32 Å². The summed E-state index contributed by atoms with van der Waals surface area (Å²) in [5.74, 6) is 1.41. The van der Waals surface area contributed by atoms with Crippen LogP contribution in [0.3, 0.4) is 0 Å². The van der Waals surface area contributed by atoms with Crippen LogP contribution in [0.15, 0.2) is 0 Å². The first-order valence-corrected chi connectivity index (χ1v) is 7.55. The van der Waals surface area contributed by atoms with Crippen LogP contribution in [0.1, 0.15) is 62.3 Å². The molecule has 0 bridgehead atoms. The Bertz CT molecular complexity index is 214. The van der Waals surface area contributed by atoms with Crippen molar-refractivity contribution in [1.82, 2.24) is 10.2 Å². The molecule has 0 aliphatic carbocycles. The minimum absolute atomic E-state index is 0.202. The van der Waals surface area contributed by atoms with Gasteiger partial charge in [0.25, 0.3) is 0 Å². The average Bonchev–Trinajstić information content (AvgIpc) is 2.12. The van der Waals surface area contributed by atoms with E-state index in [9.17, 15) is 0 Å². The van der Waals surface area contributed by atoms with Crippen molar-refractivity contribution in [3.8, 4) is 0 Å². The molecule has 1 atom stereocenters. The predicted molar refractivity (Wildman–Crippen MR) is 83.1 cm³/mol. The van der Waals surface area contributed by atoms with Crippen molar-refractivity contribution in [2.24, 2.45) is 11.8 Å².